The number of phenols is 1. The summed E-state index contributed by atoms with van der Waals surface area (Å²) in [5, 5.41) is 28.6. The number of amides is 1. The molecular weight excluding hydrogens is 925 g/mol. The highest BCUT2D eigenvalue weighted by Gasteiger charge is 2.65. The molecule has 6 heterocycles. The lowest BCUT2D eigenvalue weighted by molar-refractivity contribution is -0.168. The van der Waals surface area contributed by atoms with Crippen molar-refractivity contribution in [2.45, 2.75) is 208 Å². The molecule has 71 heavy (non-hydrogen) atoms. The molecule has 6 aliphatic heterocycles. The van der Waals surface area contributed by atoms with Gasteiger partial charge in [-0.25, -0.2) is 0 Å². The van der Waals surface area contributed by atoms with Gasteiger partial charge in [-0.2, -0.15) is 0 Å². The molecule has 10 nitrogen and oxygen atoms in total. The van der Waals surface area contributed by atoms with Crippen LogP contribution in [-0.2, 0) is 27.3 Å². The molecule has 14 rings (SSSR count). The molecule has 12 atom stereocenters. The van der Waals surface area contributed by atoms with Crippen LogP contribution in [0.5, 0.6) is 11.5 Å². The van der Waals surface area contributed by atoms with Gasteiger partial charge in [0.2, 0.25) is 5.91 Å². The number of guanidine groups is 1. The molecule has 1 amide bonds. The van der Waals surface area contributed by atoms with Crippen molar-refractivity contribution in [2.24, 2.45) is 44.7 Å². The highest BCUT2D eigenvalue weighted by atomic mass is 33.1. The van der Waals surface area contributed by atoms with Gasteiger partial charge in [0.05, 0.1) is 18.1 Å². The van der Waals surface area contributed by atoms with E-state index >= 15 is 4.79 Å². The number of nitrogens with one attached hydrogen (secondary N) is 1. The summed E-state index contributed by atoms with van der Waals surface area (Å²) in [5.41, 5.74) is 9.32. The number of ether oxygens (including phenoxy) is 2. The molecule has 6 aliphatic carbocycles. The van der Waals surface area contributed by atoms with E-state index in [0.717, 1.165) is 126 Å². The smallest absolute Gasteiger partial charge is 0.303 e. The van der Waals surface area contributed by atoms with Gasteiger partial charge < -0.3 is 35.6 Å². The van der Waals surface area contributed by atoms with E-state index in [-0.39, 0.29) is 57.8 Å². The lowest BCUT2D eigenvalue weighted by Crippen LogP contribution is -2.56. The molecule has 6 saturated carbocycles. The number of aliphatic hydroxyl groups excluding tert-OH is 1. The van der Waals surface area contributed by atoms with Crippen LogP contribution in [0.1, 0.15) is 195 Å². The molecule has 5 spiro atoms. The third-order valence-electron chi connectivity index (χ3n) is 21.0. The summed E-state index contributed by atoms with van der Waals surface area (Å²) in [7, 11) is 4.02. The molecule has 2 aromatic carbocycles. The Morgan fingerprint density at radius 1 is 0.944 bits per heavy atom. The van der Waals surface area contributed by atoms with Crippen LogP contribution in [0.4, 0.5) is 0 Å². The second-order valence-corrected chi connectivity index (χ2v) is 27.4. The van der Waals surface area contributed by atoms with Crippen LogP contribution in [-0.4, -0.2) is 74.0 Å². The SMILES string of the molecule is CC(=O)OC12CCc3cc(c(O)c4c3C3CCC5(CCCC5C3)O4)CN3CC4(CC3=O)C(c3ccccc3)CCC43C#CCC4CCC5(CCCC5(NC(N)=NC3)SSCCCCCC(CC1)C(O)C2)C4. The number of aliphatic hydroxyl groups is 1. The molecule has 12 heteroatoms. The summed E-state index contributed by atoms with van der Waals surface area (Å²) in [6.45, 7) is 2.69. The van der Waals surface area contributed by atoms with Gasteiger partial charge in [-0.05, 0) is 175 Å². The van der Waals surface area contributed by atoms with Crippen molar-refractivity contribution in [1.29, 1.82) is 0 Å². The van der Waals surface area contributed by atoms with Crippen LogP contribution in [0, 0.1) is 45.8 Å². The molecule has 12 unspecified atom stereocenters. The average Bonchev–Trinajstić information content (AvgIpc) is 4.14. The average molecular weight is 1000 g/mol. The number of rotatable bonds is 2. The maximum Gasteiger partial charge on any atom is 0.303 e. The van der Waals surface area contributed by atoms with E-state index in [1.165, 1.54) is 38.2 Å². The van der Waals surface area contributed by atoms with Crippen LogP contribution < -0.4 is 15.8 Å². The number of aliphatic imine (C=N–C) groups is 1. The van der Waals surface area contributed by atoms with Crippen LogP contribution in [0.25, 0.3) is 0 Å². The molecule has 382 valence electrons. The zero-order chi connectivity index (χ0) is 48.6. The van der Waals surface area contributed by atoms with E-state index in [0.29, 0.717) is 67.9 Å². The van der Waals surface area contributed by atoms with Gasteiger partial charge in [-0.15, -0.1) is 5.92 Å². The number of nitrogens with zero attached hydrogens (tertiary/aromatic N) is 2. The van der Waals surface area contributed by atoms with Crippen molar-refractivity contribution in [3.63, 3.8) is 0 Å². The summed E-state index contributed by atoms with van der Waals surface area (Å²) in [6, 6.07) is 13.0. The quantitative estimate of drug-likeness (QED) is 0.130. The highest BCUT2D eigenvalue weighted by Crippen LogP contribution is 2.67. The van der Waals surface area contributed by atoms with E-state index in [9.17, 15) is 15.0 Å². The zero-order valence-electron chi connectivity index (χ0n) is 42.2. The van der Waals surface area contributed by atoms with Crippen LogP contribution in [0.3, 0.4) is 0 Å². The van der Waals surface area contributed by atoms with Gasteiger partial charge in [0.15, 0.2) is 17.5 Å². The first kappa shape index (κ1) is 48.4. The molecule has 5 N–H and O–H groups in total. The Hall–Kier alpha value is -3.53. The van der Waals surface area contributed by atoms with Crippen molar-refractivity contribution in [3.05, 3.63) is 58.7 Å². The molecular formula is C59H78N4O6S2. The molecule has 2 aromatic rings. The fourth-order valence-electron chi connectivity index (χ4n) is 17.5. The molecule has 12 aliphatic rings. The second-order valence-electron chi connectivity index (χ2n) is 24.7. The first-order valence-electron chi connectivity index (χ1n) is 28.0. The predicted octanol–water partition coefficient (Wildman–Crippen LogP) is 11.2. The highest BCUT2D eigenvalue weighted by molar-refractivity contribution is 8.77. The fourth-order valence-corrected chi connectivity index (χ4v) is 21.0. The van der Waals surface area contributed by atoms with Crippen molar-refractivity contribution in [1.82, 2.24) is 10.2 Å². The number of fused-ring (bicyclic) bond motifs is 11. The lowest BCUT2D eigenvalue weighted by Gasteiger charge is -2.45. The largest absolute Gasteiger partial charge is 0.504 e. The third-order valence-corrected chi connectivity index (χ3v) is 24.3. The van der Waals surface area contributed by atoms with Crippen LogP contribution in [0.15, 0.2) is 41.4 Å². The van der Waals surface area contributed by atoms with Gasteiger partial charge in [-0.1, -0.05) is 70.7 Å². The second kappa shape index (κ2) is 18.7. The van der Waals surface area contributed by atoms with E-state index < -0.39 is 22.5 Å². The van der Waals surface area contributed by atoms with Crippen LogP contribution >= 0.6 is 21.6 Å². The molecule has 7 fully saturated rings. The molecule has 12 bridgehead atoms. The summed E-state index contributed by atoms with van der Waals surface area (Å²) in [4.78, 5) is 35.3. The van der Waals surface area contributed by atoms with Gasteiger partial charge in [0.1, 0.15) is 16.1 Å². The fraction of sp³-hybridized carbons (Fsp3) is 0.712. The third kappa shape index (κ3) is 8.30. The number of hydrogen-bond acceptors (Lipinski definition) is 11. The molecule has 1 saturated heterocycles. The maximum absolute atomic E-state index is 15.2. The zero-order valence-corrected chi connectivity index (χ0v) is 43.9. The first-order valence-corrected chi connectivity index (χ1v) is 30.3. The van der Waals surface area contributed by atoms with E-state index in [1.807, 2.05) is 26.5 Å². The Balaban J connectivity index is 0.962. The number of nitrogens with two attached hydrogens (primary N) is 1. The summed E-state index contributed by atoms with van der Waals surface area (Å²) < 4.78 is 13.6. The normalized spacial score (nSPS) is 41.0. The van der Waals surface area contributed by atoms with Crippen molar-refractivity contribution >= 4 is 39.4 Å². The molecule has 0 radical (unpaired) electrons. The number of phenolic OH excluding ortho intramolecular Hbond substituents is 1. The van der Waals surface area contributed by atoms with Gasteiger partial charge >= 0.3 is 5.97 Å². The number of benzene rings is 2. The van der Waals surface area contributed by atoms with Crippen LogP contribution in [0.2, 0.25) is 0 Å². The topological polar surface area (TPSA) is 147 Å². The Morgan fingerprint density at radius 3 is 2.69 bits per heavy atom. The van der Waals surface area contributed by atoms with Gasteiger partial charge in [0.25, 0.3) is 0 Å². The van der Waals surface area contributed by atoms with Gasteiger partial charge in [0, 0.05) is 67.0 Å². The van der Waals surface area contributed by atoms with E-state index in [1.54, 1.807) is 0 Å². The summed E-state index contributed by atoms with van der Waals surface area (Å²) >= 11 is 0. The minimum absolute atomic E-state index is 0.0809. The Bertz CT molecular complexity index is 2500. The number of hydrogen-bond donors (Lipinski definition) is 4. The first-order chi connectivity index (χ1) is 34.4. The maximum atomic E-state index is 15.2. The summed E-state index contributed by atoms with van der Waals surface area (Å²) in [6.07, 6.45) is 23.1. The minimum atomic E-state index is -0.781. The van der Waals surface area contributed by atoms with Crippen molar-refractivity contribution in [2.75, 3.05) is 18.8 Å². The number of carbonyl (C=O) groups is 2. The molecule has 0 aromatic heterocycles. The van der Waals surface area contributed by atoms with Gasteiger partial charge in [-0.3, -0.25) is 14.6 Å². The van der Waals surface area contributed by atoms with E-state index in [4.69, 9.17) is 20.2 Å². The number of aryl methyl sites for hydroxylation is 1. The van der Waals surface area contributed by atoms with Crippen molar-refractivity contribution < 1.29 is 29.3 Å². The lowest BCUT2D eigenvalue weighted by atomic mass is 9.60. The predicted molar refractivity (Wildman–Crippen MR) is 282 cm³/mol. The number of carbonyl (C=O) groups excluding carboxylic acids is 2. The number of aromatic hydroxyl groups is 1. The Morgan fingerprint density at radius 2 is 1.83 bits per heavy atom. The summed E-state index contributed by atoms with van der Waals surface area (Å²) in [5.74, 6) is 11.5. The Kier molecular flexibility index (Phi) is 12.7. The Labute approximate surface area is 430 Å². The standard InChI is InChI=1S/C59H78N4O6S2/c1-39(64)68-56-27-17-42(48(65)34-56)14-6-3-7-30-70-71-59-24-10-22-54(59)25-16-40(33-54)11-8-21-55(37-61-53(60)62-59)26-20-47(41-12-4-2-5-13-41)57(55)35-49(66)63(38-57)36-45-31-43(18-28-56)50-44-19-29-58(69-52(50)51(45)67)23-9-15-46(58)32-44/h2,4-5,12-13,31,40,42,44,46-48,65,67H,3,6-7,9-11,14-20,22-30,32-38H2,1H3,(H3,60,61,62). The number of esters is 1. The van der Waals surface area contributed by atoms with E-state index in [2.05, 4.69) is 53.6 Å². The van der Waals surface area contributed by atoms with Crippen molar-refractivity contribution in [3.8, 4) is 23.3 Å². The minimum Gasteiger partial charge on any atom is -0.504 e. The monoisotopic (exact) mass is 1000 g/mol.